The van der Waals surface area contributed by atoms with Crippen molar-refractivity contribution >= 4 is 11.6 Å². The first-order chi connectivity index (χ1) is 13.4. The molecule has 2 fully saturated rings. The summed E-state index contributed by atoms with van der Waals surface area (Å²) >= 11 is 0. The van der Waals surface area contributed by atoms with E-state index in [4.69, 9.17) is 0 Å². The third-order valence-electron chi connectivity index (χ3n) is 6.56. The smallest absolute Gasteiger partial charge is 0.260 e. The van der Waals surface area contributed by atoms with Gasteiger partial charge in [0, 0.05) is 32.0 Å². The number of anilines is 1. The number of likely N-dealkylation sites (tertiary alicyclic amines) is 1. The number of alkyl halides is 1. The lowest BCUT2D eigenvalue weighted by Crippen LogP contribution is -2.53. The van der Waals surface area contributed by atoms with E-state index in [1.54, 1.807) is 4.90 Å². The second kappa shape index (κ2) is 6.06. The third-order valence-corrected chi connectivity index (χ3v) is 6.56. The van der Waals surface area contributed by atoms with Crippen molar-refractivity contribution in [2.24, 2.45) is 5.92 Å². The minimum Gasteiger partial charge on any atom is -0.355 e. The molecule has 28 heavy (non-hydrogen) atoms. The normalized spacial score (nSPS) is 24.6. The molecule has 1 amide bonds. The van der Waals surface area contributed by atoms with Gasteiger partial charge in [0.25, 0.3) is 5.91 Å². The van der Waals surface area contributed by atoms with Gasteiger partial charge in [0.15, 0.2) is 11.5 Å². The summed E-state index contributed by atoms with van der Waals surface area (Å²) in [5.74, 6) is 1.19. The molecule has 148 valence electrons. The number of hydrogen-bond acceptors (Lipinski definition) is 3. The molecule has 2 aromatic rings. The van der Waals surface area contributed by atoms with E-state index >= 15 is 0 Å². The lowest BCUT2D eigenvalue weighted by molar-refractivity contribution is -0.137. The first-order valence-electron chi connectivity index (χ1n) is 10.3. The highest BCUT2D eigenvalue weighted by atomic mass is 19.1. The van der Waals surface area contributed by atoms with Gasteiger partial charge in [-0.1, -0.05) is 13.8 Å². The van der Waals surface area contributed by atoms with Crippen LogP contribution in [0.3, 0.4) is 0 Å². The summed E-state index contributed by atoms with van der Waals surface area (Å²) in [7, 11) is 0. The Morgan fingerprint density at radius 1 is 1.25 bits per heavy atom. The van der Waals surface area contributed by atoms with E-state index in [-0.39, 0.29) is 11.4 Å². The number of pyridine rings is 1. The standard InChI is InChI=1S/C22H27FN4O/c1-16(2)7-13-27-17-5-3-11-24-19(17)26-12-4-6-18(26)22(27)10-14-25(15-22)20(28)21(23)8-9-21/h3-6,11-12,16H,7-10,13-15H2,1-2H3/t22-/m0/s1. The van der Waals surface area contributed by atoms with Gasteiger partial charge in [0.2, 0.25) is 0 Å². The third kappa shape index (κ3) is 2.50. The van der Waals surface area contributed by atoms with E-state index in [1.165, 1.54) is 0 Å². The van der Waals surface area contributed by atoms with Crippen molar-refractivity contribution in [1.82, 2.24) is 14.5 Å². The topological polar surface area (TPSA) is 41.4 Å². The zero-order valence-electron chi connectivity index (χ0n) is 16.6. The number of nitrogens with zero attached hydrogens (tertiary/aromatic N) is 4. The minimum atomic E-state index is -1.61. The van der Waals surface area contributed by atoms with Crippen LogP contribution in [-0.2, 0) is 10.3 Å². The number of halogens is 1. The van der Waals surface area contributed by atoms with Crippen LogP contribution in [0.5, 0.6) is 0 Å². The van der Waals surface area contributed by atoms with Crippen LogP contribution in [0.25, 0.3) is 5.82 Å². The molecule has 0 radical (unpaired) electrons. The second-order valence-corrected chi connectivity index (χ2v) is 8.92. The molecule has 1 saturated carbocycles. The molecule has 3 aliphatic rings. The Bertz CT molecular complexity index is 919. The van der Waals surface area contributed by atoms with Crippen molar-refractivity contribution < 1.29 is 9.18 Å². The molecule has 0 bridgehead atoms. The predicted molar refractivity (Wildman–Crippen MR) is 106 cm³/mol. The van der Waals surface area contributed by atoms with Crippen molar-refractivity contribution in [2.75, 3.05) is 24.5 Å². The van der Waals surface area contributed by atoms with Gasteiger partial charge in [0.1, 0.15) is 5.54 Å². The van der Waals surface area contributed by atoms with Crippen molar-refractivity contribution in [3.63, 3.8) is 0 Å². The molecule has 2 aliphatic heterocycles. The number of fused-ring (bicyclic) bond motifs is 4. The number of amides is 1. The number of hydrogen-bond donors (Lipinski definition) is 0. The molecule has 1 atom stereocenters. The average molecular weight is 382 g/mol. The molecule has 1 aliphatic carbocycles. The van der Waals surface area contributed by atoms with E-state index in [0.717, 1.165) is 36.6 Å². The van der Waals surface area contributed by atoms with E-state index in [0.29, 0.717) is 31.8 Å². The maximum absolute atomic E-state index is 14.5. The largest absolute Gasteiger partial charge is 0.355 e. The molecule has 1 spiro atoms. The van der Waals surface area contributed by atoms with Gasteiger partial charge in [-0.2, -0.15) is 0 Å². The summed E-state index contributed by atoms with van der Waals surface area (Å²) in [5, 5.41) is 0. The van der Waals surface area contributed by atoms with Crippen LogP contribution < -0.4 is 4.90 Å². The Hall–Kier alpha value is -2.37. The number of aromatic nitrogens is 2. The summed E-state index contributed by atoms with van der Waals surface area (Å²) in [5.41, 5.74) is 0.323. The van der Waals surface area contributed by atoms with Gasteiger partial charge in [-0.25, -0.2) is 9.37 Å². The zero-order valence-corrected chi connectivity index (χ0v) is 16.6. The first-order valence-corrected chi connectivity index (χ1v) is 10.3. The fourth-order valence-corrected chi connectivity index (χ4v) is 4.82. The Kier molecular flexibility index (Phi) is 3.83. The van der Waals surface area contributed by atoms with Crippen molar-refractivity contribution in [2.45, 2.75) is 50.7 Å². The van der Waals surface area contributed by atoms with Crippen molar-refractivity contribution in [3.05, 3.63) is 42.4 Å². The summed E-state index contributed by atoms with van der Waals surface area (Å²) in [6.07, 6.45) is 6.48. The molecular weight excluding hydrogens is 355 g/mol. The molecule has 0 unspecified atom stereocenters. The molecular formula is C22H27FN4O. The maximum atomic E-state index is 14.5. The summed E-state index contributed by atoms with van der Waals surface area (Å²) < 4.78 is 16.7. The highest BCUT2D eigenvalue weighted by Crippen LogP contribution is 2.49. The van der Waals surface area contributed by atoms with Crippen LogP contribution in [0.15, 0.2) is 36.7 Å². The minimum absolute atomic E-state index is 0.316. The van der Waals surface area contributed by atoms with E-state index in [9.17, 15) is 9.18 Å². The number of carbonyl (C=O) groups is 1. The molecule has 0 aromatic carbocycles. The number of rotatable bonds is 4. The van der Waals surface area contributed by atoms with Crippen LogP contribution in [0.4, 0.5) is 10.1 Å². The fourth-order valence-electron chi connectivity index (χ4n) is 4.82. The highest BCUT2D eigenvalue weighted by molar-refractivity contribution is 5.88. The SMILES string of the molecule is CC(C)CCN1c2cccnc2-n2cccc2[C@@]12CCN(C(=O)C1(F)CC1)C2. The first kappa shape index (κ1) is 17.7. The van der Waals surface area contributed by atoms with Gasteiger partial charge in [-0.15, -0.1) is 0 Å². The van der Waals surface area contributed by atoms with Crippen LogP contribution in [-0.4, -0.2) is 45.7 Å². The quantitative estimate of drug-likeness (QED) is 0.810. The predicted octanol–water partition coefficient (Wildman–Crippen LogP) is 3.67. The van der Waals surface area contributed by atoms with Gasteiger partial charge in [0.05, 0.1) is 11.4 Å². The monoisotopic (exact) mass is 382 g/mol. The molecule has 6 heteroatoms. The highest BCUT2D eigenvalue weighted by Gasteiger charge is 2.57. The van der Waals surface area contributed by atoms with Gasteiger partial charge in [-0.3, -0.25) is 4.79 Å². The Labute approximate surface area is 165 Å². The molecule has 5 rings (SSSR count). The Morgan fingerprint density at radius 2 is 2.07 bits per heavy atom. The van der Waals surface area contributed by atoms with Gasteiger partial charge in [-0.05, 0) is 55.9 Å². The fraction of sp³-hybridized carbons (Fsp3) is 0.545. The Balaban J connectivity index is 1.58. The average Bonchev–Trinajstić information content (AvgIpc) is 3.10. The lowest BCUT2D eigenvalue weighted by atomic mass is 9.88. The van der Waals surface area contributed by atoms with Crippen molar-refractivity contribution in [1.29, 1.82) is 0 Å². The van der Waals surface area contributed by atoms with Crippen LogP contribution >= 0.6 is 0 Å². The van der Waals surface area contributed by atoms with Gasteiger partial charge < -0.3 is 14.4 Å². The zero-order chi connectivity index (χ0) is 19.5. The second-order valence-electron chi connectivity index (χ2n) is 8.92. The van der Waals surface area contributed by atoms with E-state index < -0.39 is 5.67 Å². The number of carbonyl (C=O) groups excluding carboxylic acids is 1. The van der Waals surface area contributed by atoms with Crippen molar-refractivity contribution in [3.8, 4) is 5.82 Å². The van der Waals surface area contributed by atoms with Gasteiger partial charge >= 0.3 is 0 Å². The summed E-state index contributed by atoms with van der Waals surface area (Å²) in [6, 6.07) is 8.28. The Morgan fingerprint density at radius 3 is 2.82 bits per heavy atom. The summed E-state index contributed by atoms with van der Waals surface area (Å²) in [4.78, 5) is 21.6. The van der Waals surface area contributed by atoms with Crippen LogP contribution in [0.1, 0.15) is 45.2 Å². The molecule has 0 N–H and O–H groups in total. The molecule has 4 heterocycles. The van der Waals surface area contributed by atoms with Crippen LogP contribution in [0, 0.1) is 5.92 Å². The molecule has 2 aromatic heterocycles. The van der Waals surface area contributed by atoms with E-state index in [1.807, 2.05) is 24.5 Å². The van der Waals surface area contributed by atoms with E-state index in [2.05, 4.69) is 40.4 Å². The lowest BCUT2D eigenvalue weighted by Gasteiger charge is -2.47. The maximum Gasteiger partial charge on any atom is 0.260 e. The molecule has 5 nitrogen and oxygen atoms in total. The molecule has 1 saturated heterocycles. The van der Waals surface area contributed by atoms with Crippen LogP contribution in [0.2, 0.25) is 0 Å². The summed E-state index contributed by atoms with van der Waals surface area (Å²) in [6.45, 7) is 6.49.